The normalized spacial score (nSPS) is 10.5. The molecule has 0 fully saturated rings. The van der Waals surface area contributed by atoms with Gasteiger partial charge in [0, 0.05) is 11.8 Å². The van der Waals surface area contributed by atoms with Crippen LogP contribution in [0.25, 0.3) is 11.3 Å². The van der Waals surface area contributed by atoms with E-state index in [1.165, 1.54) is 6.20 Å². The summed E-state index contributed by atoms with van der Waals surface area (Å²) in [7, 11) is 0. The molecular formula is C13H8Cl3NO2. The quantitative estimate of drug-likeness (QED) is 0.916. The lowest BCUT2D eigenvalue weighted by atomic mass is 10.1. The summed E-state index contributed by atoms with van der Waals surface area (Å²) in [5.74, 6) is -0.951. The van der Waals surface area contributed by atoms with Gasteiger partial charge >= 0.3 is 5.97 Å². The zero-order chi connectivity index (χ0) is 14.0. The SMILES string of the molecule is O=C(O)Cc1ccnc(-c2ccc(Cl)c(Cl)c2)c1Cl. The molecule has 6 heteroatoms. The maximum absolute atomic E-state index is 10.7. The van der Waals surface area contributed by atoms with Crippen molar-refractivity contribution in [3.63, 3.8) is 0 Å². The molecule has 0 atom stereocenters. The van der Waals surface area contributed by atoms with Gasteiger partial charge in [0.2, 0.25) is 0 Å². The number of hydrogen-bond acceptors (Lipinski definition) is 2. The van der Waals surface area contributed by atoms with Crippen molar-refractivity contribution in [2.75, 3.05) is 0 Å². The topological polar surface area (TPSA) is 50.2 Å². The molecule has 0 spiro atoms. The first kappa shape index (κ1) is 14.1. The van der Waals surface area contributed by atoms with E-state index in [-0.39, 0.29) is 6.42 Å². The summed E-state index contributed by atoms with van der Waals surface area (Å²) < 4.78 is 0. The molecule has 0 aliphatic rings. The highest BCUT2D eigenvalue weighted by Gasteiger charge is 2.13. The van der Waals surface area contributed by atoms with E-state index in [0.717, 1.165) is 0 Å². The number of carbonyl (C=O) groups is 1. The van der Waals surface area contributed by atoms with Crippen LogP contribution in [0.15, 0.2) is 30.5 Å². The zero-order valence-electron chi connectivity index (χ0n) is 9.53. The average molecular weight is 317 g/mol. The molecule has 0 aliphatic heterocycles. The maximum atomic E-state index is 10.7. The van der Waals surface area contributed by atoms with Gasteiger partial charge in [0.1, 0.15) is 0 Å². The molecule has 3 nitrogen and oxygen atoms in total. The molecule has 1 aromatic heterocycles. The second-order valence-corrected chi connectivity index (χ2v) is 5.02. The third kappa shape index (κ3) is 3.18. The molecule has 0 radical (unpaired) electrons. The molecule has 0 saturated carbocycles. The number of aromatic nitrogens is 1. The number of pyridine rings is 1. The summed E-state index contributed by atoms with van der Waals surface area (Å²) in [5.41, 5.74) is 1.68. The second kappa shape index (κ2) is 5.78. The van der Waals surface area contributed by atoms with Gasteiger partial charge in [0.25, 0.3) is 0 Å². The maximum Gasteiger partial charge on any atom is 0.307 e. The molecule has 2 rings (SSSR count). The highest BCUT2D eigenvalue weighted by Crippen LogP contribution is 2.32. The van der Waals surface area contributed by atoms with Crippen LogP contribution in [0.4, 0.5) is 0 Å². The van der Waals surface area contributed by atoms with Crippen LogP contribution in [0.1, 0.15) is 5.56 Å². The summed E-state index contributed by atoms with van der Waals surface area (Å²) in [6, 6.07) is 6.59. The fourth-order valence-electron chi connectivity index (χ4n) is 1.63. The van der Waals surface area contributed by atoms with Gasteiger partial charge in [0.15, 0.2) is 0 Å². The van der Waals surface area contributed by atoms with Gasteiger partial charge in [0.05, 0.1) is 27.2 Å². The van der Waals surface area contributed by atoms with Crippen molar-refractivity contribution < 1.29 is 9.90 Å². The Morgan fingerprint density at radius 2 is 1.89 bits per heavy atom. The van der Waals surface area contributed by atoms with E-state index in [0.29, 0.717) is 31.9 Å². The van der Waals surface area contributed by atoms with Crippen molar-refractivity contribution in [3.8, 4) is 11.3 Å². The lowest BCUT2D eigenvalue weighted by molar-refractivity contribution is -0.136. The van der Waals surface area contributed by atoms with Gasteiger partial charge in [-0.1, -0.05) is 40.9 Å². The smallest absolute Gasteiger partial charge is 0.307 e. The van der Waals surface area contributed by atoms with Gasteiger partial charge in [-0.15, -0.1) is 0 Å². The molecule has 1 N–H and O–H groups in total. The van der Waals surface area contributed by atoms with Crippen LogP contribution < -0.4 is 0 Å². The van der Waals surface area contributed by atoms with E-state index in [4.69, 9.17) is 39.9 Å². The van der Waals surface area contributed by atoms with Crippen LogP contribution in [0.3, 0.4) is 0 Å². The average Bonchev–Trinajstić information content (AvgIpc) is 2.35. The molecular weight excluding hydrogens is 309 g/mol. The van der Waals surface area contributed by atoms with Gasteiger partial charge < -0.3 is 5.11 Å². The third-order valence-corrected chi connectivity index (χ3v) is 3.66. The van der Waals surface area contributed by atoms with Crippen molar-refractivity contribution in [2.24, 2.45) is 0 Å². The Balaban J connectivity index is 2.50. The minimum Gasteiger partial charge on any atom is -0.481 e. The molecule has 0 saturated heterocycles. The minimum atomic E-state index is -0.951. The Morgan fingerprint density at radius 1 is 1.16 bits per heavy atom. The lowest BCUT2D eigenvalue weighted by Gasteiger charge is -2.08. The summed E-state index contributed by atoms with van der Waals surface area (Å²) in [4.78, 5) is 14.9. The van der Waals surface area contributed by atoms with Crippen molar-refractivity contribution in [1.29, 1.82) is 0 Å². The number of carboxylic acids is 1. The molecule has 2 aromatic rings. The Morgan fingerprint density at radius 3 is 2.53 bits per heavy atom. The van der Waals surface area contributed by atoms with Crippen molar-refractivity contribution >= 4 is 40.8 Å². The highest BCUT2D eigenvalue weighted by atomic mass is 35.5. The van der Waals surface area contributed by atoms with Gasteiger partial charge in [-0.25, -0.2) is 0 Å². The third-order valence-electron chi connectivity index (χ3n) is 2.50. The predicted molar refractivity (Wildman–Crippen MR) is 76.0 cm³/mol. The first-order valence-corrected chi connectivity index (χ1v) is 6.43. The van der Waals surface area contributed by atoms with Crippen LogP contribution >= 0.6 is 34.8 Å². The fraction of sp³-hybridized carbons (Fsp3) is 0.0769. The molecule has 0 unspecified atom stereocenters. The van der Waals surface area contributed by atoms with E-state index in [9.17, 15) is 4.79 Å². The number of carboxylic acid groups (broad SMARTS) is 1. The number of rotatable bonds is 3. The predicted octanol–water partition coefficient (Wildman–Crippen LogP) is 4.34. The van der Waals surface area contributed by atoms with Crippen LogP contribution in [0.5, 0.6) is 0 Å². The number of nitrogens with zero attached hydrogens (tertiary/aromatic N) is 1. The van der Waals surface area contributed by atoms with Crippen LogP contribution in [-0.2, 0) is 11.2 Å². The van der Waals surface area contributed by atoms with Crippen molar-refractivity contribution in [1.82, 2.24) is 4.98 Å². The Labute approximate surface area is 124 Å². The number of aliphatic carboxylic acids is 1. The second-order valence-electron chi connectivity index (χ2n) is 3.83. The van der Waals surface area contributed by atoms with Crippen LogP contribution in [0, 0.1) is 0 Å². The minimum absolute atomic E-state index is 0.157. The Kier molecular flexibility index (Phi) is 4.30. The lowest BCUT2D eigenvalue weighted by Crippen LogP contribution is -2.02. The fourth-order valence-corrected chi connectivity index (χ4v) is 2.21. The van der Waals surface area contributed by atoms with Gasteiger partial charge in [-0.05, 0) is 23.8 Å². The number of benzene rings is 1. The van der Waals surface area contributed by atoms with Gasteiger partial charge in [-0.3, -0.25) is 9.78 Å². The molecule has 1 aromatic carbocycles. The standard InChI is InChI=1S/C13H8Cl3NO2/c14-9-2-1-8(5-10(9)15)13-12(16)7(3-4-17-13)6-11(18)19/h1-5H,6H2,(H,18,19). The molecule has 1 heterocycles. The summed E-state index contributed by atoms with van der Waals surface area (Å²) in [6.07, 6.45) is 1.36. The molecule has 98 valence electrons. The number of hydrogen-bond donors (Lipinski definition) is 1. The molecule has 19 heavy (non-hydrogen) atoms. The van der Waals surface area contributed by atoms with Crippen LogP contribution in [0.2, 0.25) is 15.1 Å². The highest BCUT2D eigenvalue weighted by molar-refractivity contribution is 6.42. The van der Waals surface area contributed by atoms with Crippen molar-refractivity contribution in [3.05, 3.63) is 51.1 Å². The Hall–Kier alpha value is -1.29. The van der Waals surface area contributed by atoms with Gasteiger partial charge in [-0.2, -0.15) is 0 Å². The van der Waals surface area contributed by atoms with E-state index >= 15 is 0 Å². The molecule has 0 aliphatic carbocycles. The van der Waals surface area contributed by atoms with E-state index in [1.54, 1.807) is 24.3 Å². The summed E-state index contributed by atoms with van der Waals surface area (Å²) >= 11 is 18.0. The monoisotopic (exact) mass is 315 g/mol. The molecule has 0 bridgehead atoms. The number of halogens is 3. The van der Waals surface area contributed by atoms with E-state index < -0.39 is 5.97 Å². The largest absolute Gasteiger partial charge is 0.481 e. The van der Waals surface area contributed by atoms with Crippen molar-refractivity contribution in [2.45, 2.75) is 6.42 Å². The van der Waals surface area contributed by atoms with Crippen LogP contribution in [-0.4, -0.2) is 16.1 Å². The summed E-state index contributed by atoms with van der Waals surface area (Å²) in [5, 5.41) is 9.95. The first-order valence-electron chi connectivity index (χ1n) is 5.29. The first-order chi connectivity index (χ1) is 8.99. The summed E-state index contributed by atoms with van der Waals surface area (Å²) in [6.45, 7) is 0. The zero-order valence-corrected chi connectivity index (χ0v) is 11.8. The van der Waals surface area contributed by atoms with E-state index in [1.807, 2.05) is 0 Å². The van der Waals surface area contributed by atoms with E-state index in [2.05, 4.69) is 4.98 Å². The molecule has 0 amide bonds. The Bertz CT molecular complexity index is 644.